The summed E-state index contributed by atoms with van der Waals surface area (Å²) in [6, 6.07) is 12.7. The van der Waals surface area contributed by atoms with Crippen LogP contribution in [0.3, 0.4) is 0 Å². The molecule has 0 amide bonds. The number of nitro groups is 1. The highest BCUT2D eigenvalue weighted by molar-refractivity contribution is 6.33. The van der Waals surface area contributed by atoms with E-state index in [0.717, 1.165) is 0 Å². The molecule has 0 aliphatic heterocycles. The largest absolute Gasteiger partial charge is 0.497 e. The van der Waals surface area contributed by atoms with E-state index in [0.29, 0.717) is 33.9 Å². The summed E-state index contributed by atoms with van der Waals surface area (Å²) in [6.45, 7) is 0. The maximum absolute atomic E-state index is 11.2. The van der Waals surface area contributed by atoms with E-state index < -0.39 is 4.92 Å². The highest BCUT2D eigenvalue weighted by atomic mass is 35.5. The molecular formula is C20H15ClN4O4. The Kier molecular flexibility index (Phi) is 5.52. The van der Waals surface area contributed by atoms with Crippen molar-refractivity contribution in [2.75, 3.05) is 20.0 Å². The van der Waals surface area contributed by atoms with Crippen LogP contribution in [0.4, 0.5) is 11.5 Å². The third kappa shape index (κ3) is 3.77. The van der Waals surface area contributed by atoms with E-state index in [1.807, 2.05) is 6.07 Å². The van der Waals surface area contributed by atoms with Gasteiger partial charge in [-0.1, -0.05) is 11.6 Å². The fourth-order valence-electron chi connectivity index (χ4n) is 2.88. The number of non-ortho nitro benzene ring substituents is 1. The lowest BCUT2D eigenvalue weighted by Gasteiger charge is -2.14. The van der Waals surface area contributed by atoms with Gasteiger partial charge in [0.25, 0.3) is 5.69 Å². The van der Waals surface area contributed by atoms with Crippen LogP contribution in [0.25, 0.3) is 22.4 Å². The number of rotatable bonds is 5. The molecule has 0 unspecified atom stereocenters. The van der Waals surface area contributed by atoms with E-state index in [1.54, 1.807) is 24.3 Å². The predicted octanol–water partition coefficient (Wildman–Crippen LogP) is 4.45. The van der Waals surface area contributed by atoms with Crippen molar-refractivity contribution < 1.29 is 14.4 Å². The Bertz CT molecular complexity index is 1160. The second-order valence-corrected chi connectivity index (χ2v) is 6.32. The lowest BCUT2D eigenvalue weighted by atomic mass is 9.97. The fourth-order valence-corrected chi connectivity index (χ4v) is 3.10. The molecule has 3 rings (SSSR count). The number of nitriles is 1. The van der Waals surface area contributed by atoms with Gasteiger partial charge in [-0.25, -0.2) is 4.98 Å². The van der Waals surface area contributed by atoms with Crippen LogP contribution >= 0.6 is 11.6 Å². The maximum Gasteiger partial charge on any atom is 0.270 e. The lowest BCUT2D eigenvalue weighted by Crippen LogP contribution is -2.01. The number of nitro benzene ring substituents is 1. The third-order valence-electron chi connectivity index (χ3n) is 4.29. The molecule has 8 nitrogen and oxygen atoms in total. The Hall–Kier alpha value is -3.83. The van der Waals surface area contributed by atoms with Crippen LogP contribution < -0.4 is 15.2 Å². The molecule has 146 valence electrons. The van der Waals surface area contributed by atoms with Crippen molar-refractivity contribution >= 4 is 23.1 Å². The summed E-state index contributed by atoms with van der Waals surface area (Å²) in [5.41, 5.74) is 7.54. The summed E-state index contributed by atoms with van der Waals surface area (Å²) in [6.07, 6.45) is 0. The summed E-state index contributed by atoms with van der Waals surface area (Å²) in [5, 5.41) is 21.0. The smallest absolute Gasteiger partial charge is 0.270 e. The van der Waals surface area contributed by atoms with Crippen molar-refractivity contribution in [1.29, 1.82) is 5.26 Å². The van der Waals surface area contributed by atoms with Crippen molar-refractivity contribution in [1.82, 2.24) is 4.98 Å². The van der Waals surface area contributed by atoms with Gasteiger partial charge in [0.1, 0.15) is 28.9 Å². The second kappa shape index (κ2) is 8.04. The number of hydrogen-bond acceptors (Lipinski definition) is 7. The quantitative estimate of drug-likeness (QED) is 0.486. The van der Waals surface area contributed by atoms with Gasteiger partial charge in [-0.15, -0.1) is 0 Å². The van der Waals surface area contributed by atoms with Crippen molar-refractivity contribution in [3.8, 4) is 40.0 Å². The standard InChI is InChI=1S/C20H15ClN4O4/c1-28-12-4-6-19(29-2)15(8-12)18-9-13(16(10-22)20(23)24-18)14-7-11(25(26)27)3-5-17(14)21/h3-9H,1-2H3,(H2,23,24). The third-order valence-corrected chi connectivity index (χ3v) is 4.62. The Balaban J connectivity index is 2.32. The normalized spacial score (nSPS) is 10.3. The fraction of sp³-hybridized carbons (Fsp3) is 0.100. The topological polar surface area (TPSA) is 124 Å². The maximum atomic E-state index is 11.2. The molecule has 29 heavy (non-hydrogen) atoms. The number of aromatic nitrogens is 1. The molecule has 0 aliphatic rings. The Labute approximate surface area is 171 Å². The first-order valence-electron chi connectivity index (χ1n) is 8.27. The number of halogens is 1. The van der Waals surface area contributed by atoms with Crippen LogP contribution in [0, 0.1) is 21.4 Å². The van der Waals surface area contributed by atoms with E-state index in [9.17, 15) is 15.4 Å². The Morgan fingerprint density at radius 3 is 2.48 bits per heavy atom. The van der Waals surface area contributed by atoms with Crippen molar-refractivity contribution in [2.24, 2.45) is 0 Å². The summed E-state index contributed by atoms with van der Waals surface area (Å²) in [7, 11) is 3.04. The van der Waals surface area contributed by atoms with Gasteiger partial charge in [0.2, 0.25) is 0 Å². The van der Waals surface area contributed by atoms with Crippen molar-refractivity contribution in [2.45, 2.75) is 0 Å². The minimum atomic E-state index is -0.539. The van der Waals surface area contributed by atoms with Gasteiger partial charge in [-0.3, -0.25) is 10.1 Å². The van der Waals surface area contributed by atoms with Crippen LogP contribution in [-0.4, -0.2) is 24.1 Å². The monoisotopic (exact) mass is 410 g/mol. The predicted molar refractivity (Wildman–Crippen MR) is 109 cm³/mol. The molecule has 1 heterocycles. The Morgan fingerprint density at radius 2 is 1.86 bits per heavy atom. The Morgan fingerprint density at radius 1 is 1.10 bits per heavy atom. The summed E-state index contributed by atoms with van der Waals surface area (Å²) in [4.78, 5) is 15.0. The number of anilines is 1. The number of nitrogens with two attached hydrogens (primary N) is 1. The lowest BCUT2D eigenvalue weighted by molar-refractivity contribution is -0.384. The molecule has 1 aromatic heterocycles. The number of methoxy groups -OCH3 is 2. The molecular weight excluding hydrogens is 396 g/mol. The second-order valence-electron chi connectivity index (χ2n) is 5.91. The molecule has 0 aliphatic carbocycles. The molecule has 0 saturated carbocycles. The number of ether oxygens (including phenoxy) is 2. The molecule has 2 N–H and O–H groups in total. The molecule has 0 spiro atoms. The molecule has 0 atom stereocenters. The van der Waals surface area contributed by atoms with Gasteiger partial charge < -0.3 is 15.2 Å². The zero-order chi connectivity index (χ0) is 21.1. The minimum Gasteiger partial charge on any atom is -0.497 e. The first-order valence-corrected chi connectivity index (χ1v) is 8.64. The summed E-state index contributed by atoms with van der Waals surface area (Å²) >= 11 is 6.28. The first kappa shape index (κ1) is 19.9. The van der Waals surface area contributed by atoms with E-state index in [1.165, 1.54) is 32.4 Å². The van der Waals surface area contributed by atoms with Gasteiger partial charge >= 0.3 is 0 Å². The van der Waals surface area contributed by atoms with Gasteiger partial charge in [0.15, 0.2) is 0 Å². The van der Waals surface area contributed by atoms with E-state index >= 15 is 0 Å². The number of pyridine rings is 1. The summed E-state index contributed by atoms with van der Waals surface area (Å²) in [5.74, 6) is 1.05. The molecule has 3 aromatic rings. The van der Waals surface area contributed by atoms with Crippen molar-refractivity contribution in [3.05, 3.63) is 63.2 Å². The molecule has 0 bridgehead atoms. The SMILES string of the molecule is COc1ccc(OC)c(-c2cc(-c3cc([N+](=O)[O-])ccc3Cl)c(C#N)c(N)n2)c1. The van der Waals surface area contributed by atoms with E-state index in [-0.39, 0.29) is 22.1 Å². The zero-order valence-corrected chi connectivity index (χ0v) is 16.2. The number of nitrogens with zero attached hydrogens (tertiary/aromatic N) is 3. The van der Waals surface area contributed by atoms with Gasteiger partial charge in [-0.2, -0.15) is 5.26 Å². The summed E-state index contributed by atoms with van der Waals surface area (Å²) < 4.78 is 10.7. The van der Waals surface area contributed by atoms with Crippen LogP contribution in [0.15, 0.2) is 42.5 Å². The highest BCUT2D eigenvalue weighted by Gasteiger charge is 2.20. The van der Waals surface area contributed by atoms with Crippen LogP contribution in [0.5, 0.6) is 11.5 Å². The number of nitrogen functional groups attached to an aromatic ring is 1. The van der Waals surface area contributed by atoms with Gasteiger partial charge in [0, 0.05) is 33.8 Å². The van der Waals surface area contributed by atoms with Gasteiger partial charge in [-0.05, 0) is 30.3 Å². The van der Waals surface area contributed by atoms with Crippen LogP contribution in [0.1, 0.15) is 5.56 Å². The molecule has 9 heteroatoms. The average molecular weight is 411 g/mol. The minimum absolute atomic E-state index is 0.0348. The highest BCUT2D eigenvalue weighted by Crippen LogP contribution is 2.39. The molecule has 2 aromatic carbocycles. The zero-order valence-electron chi connectivity index (χ0n) is 15.5. The molecule has 0 saturated heterocycles. The van der Waals surface area contributed by atoms with E-state index in [4.69, 9.17) is 26.8 Å². The number of benzene rings is 2. The van der Waals surface area contributed by atoms with Gasteiger partial charge in [0.05, 0.1) is 24.8 Å². The number of hydrogen-bond donors (Lipinski definition) is 1. The van der Waals surface area contributed by atoms with Crippen LogP contribution in [0.2, 0.25) is 5.02 Å². The molecule has 0 fully saturated rings. The first-order chi connectivity index (χ1) is 13.9. The van der Waals surface area contributed by atoms with Crippen molar-refractivity contribution in [3.63, 3.8) is 0 Å². The van der Waals surface area contributed by atoms with E-state index in [2.05, 4.69) is 4.98 Å². The molecule has 0 radical (unpaired) electrons. The van der Waals surface area contributed by atoms with Crippen LogP contribution in [-0.2, 0) is 0 Å². The average Bonchev–Trinajstić information content (AvgIpc) is 2.72.